The highest BCUT2D eigenvalue weighted by atomic mass is 32.1. The third-order valence-corrected chi connectivity index (χ3v) is 7.84. The van der Waals surface area contributed by atoms with Gasteiger partial charge in [0.15, 0.2) is 16.3 Å². The Balaban J connectivity index is 1.56. The van der Waals surface area contributed by atoms with Crippen molar-refractivity contribution >= 4 is 23.4 Å². The zero-order valence-electron chi connectivity index (χ0n) is 24.3. The van der Waals surface area contributed by atoms with Crippen LogP contribution < -0.4 is 29.1 Å². The van der Waals surface area contributed by atoms with Gasteiger partial charge in [0.1, 0.15) is 18.2 Å². The lowest BCUT2D eigenvalue weighted by molar-refractivity contribution is -0.139. The minimum absolute atomic E-state index is 0.0399. The second kappa shape index (κ2) is 13.1. The molecule has 1 aliphatic rings. The highest BCUT2D eigenvalue weighted by Crippen LogP contribution is 2.32. The molecule has 0 saturated carbocycles. The highest BCUT2D eigenvalue weighted by Gasteiger charge is 2.33. The van der Waals surface area contributed by atoms with Crippen LogP contribution in [-0.4, -0.2) is 30.9 Å². The van der Waals surface area contributed by atoms with Crippen LogP contribution in [0.25, 0.3) is 6.08 Å². The fourth-order valence-corrected chi connectivity index (χ4v) is 5.86. The number of allylic oxidation sites excluding steroid dienone is 1. The Morgan fingerprint density at radius 1 is 1.02 bits per heavy atom. The van der Waals surface area contributed by atoms with E-state index in [-0.39, 0.29) is 24.6 Å². The number of carbonyl (C=O) groups excluding carboxylic acids is 1. The molecule has 8 nitrogen and oxygen atoms in total. The summed E-state index contributed by atoms with van der Waals surface area (Å²) < 4.78 is 38.4. The van der Waals surface area contributed by atoms with Crippen molar-refractivity contribution in [2.45, 2.75) is 33.4 Å². The molecule has 0 fully saturated rings. The number of rotatable bonds is 10. The fourth-order valence-electron chi connectivity index (χ4n) is 4.82. The Morgan fingerprint density at radius 2 is 1.79 bits per heavy atom. The molecule has 1 aliphatic heterocycles. The van der Waals surface area contributed by atoms with Crippen molar-refractivity contribution in [2.75, 3.05) is 20.3 Å². The van der Waals surface area contributed by atoms with Gasteiger partial charge < -0.3 is 18.9 Å². The lowest BCUT2D eigenvalue weighted by Crippen LogP contribution is -2.39. The van der Waals surface area contributed by atoms with Crippen molar-refractivity contribution in [1.29, 1.82) is 0 Å². The maximum absolute atomic E-state index is 14.1. The predicted octanol–water partition coefficient (Wildman–Crippen LogP) is 4.92. The number of thiazole rings is 1. The molecule has 10 heteroatoms. The highest BCUT2D eigenvalue weighted by molar-refractivity contribution is 7.07. The third-order valence-electron chi connectivity index (χ3n) is 6.85. The molecule has 0 aliphatic carbocycles. The minimum Gasteiger partial charge on any atom is -0.497 e. The van der Waals surface area contributed by atoms with Crippen molar-refractivity contribution < 1.29 is 28.1 Å². The Morgan fingerprint density at radius 3 is 2.49 bits per heavy atom. The number of ether oxygens (including phenoxy) is 4. The number of nitrogens with zero attached hydrogens (tertiary/aromatic N) is 2. The van der Waals surface area contributed by atoms with E-state index in [0.717, 1.165) is 5.56 Å². The maximum Gasteiger partial charge on any atom is 0.338 e. The van der Waals surface area contributed by atoms with Gasteiger partial charge in [-0.1, -0.05) is 47.7 Å². The van der Waals surface area contributed by atoms with E-state index >= 15 is 0 Å². The molecule has 3 aromatic carbocycles. The van der Waals surface area contributed by atoms with Gasteiger partial charge >= 0.3 is 5.97 Å². The molecule has 222 valence electrons. The van der Waals surface area contributed by atoms with Crippen molar-refractivity contribution in [2.24, 2.45) is 4.99 Å². The van der Waals surface area contributed by atoms with Gasteiger partial charge in [-0.15, -0.1) is 0 Å². The normalized spacial score (nSPS) is 14.6. The quantitative estimate of drug-likeness (QED) is 0.240. The number of methoxy groups -OCH3 is 1. The van der Waals surface area contributed by atoms with Crippen LogP contribution in [0.15, 0.2) is 87.8 Å². The molecule has 0 radical (unpaired) electrons. The second-order valence-electron chi connectivity index (χ2n) is 9.59. The maximum atomic E-state index is 14.1. The minimum atomic E-state index is -0.725. The first-order valence-electron chi connectivity index (χ1n) is 13.8. The smallest absolute Gasteiger partial charge is 0.338 e. The number of carbonyl (C=O) groups is 1. The van der Waals surface area contributed by atoms with E-state index in [2.05, 4.69) is 4.99 Å². The van der Waals surface area contributed by atoms with E-state index in [4.69, 9.17) is 18.9 Å². The third kappa shape index (κ3) is 6.24. The van der Waals surface area contributed by atoms with Gasteiger partial charge in [0.05, 0.1) is 42.2 Å². The van der Waals surface area contributed by atoms with Gasteiger partial charge in [0, 0.05) is 5.56 Å². The zero-order chi connectivity index (χ0) is 30.5. The summed E-state index contributed by atoms with van der Waals surface area (Å²) in [5, 5.41) is 0. The Bertz CT molecular complexity index is 1860. The van der Waals surface area contributed by atoms with Crippen molar-refractivity contribution in [3.05, 3.63) is 120 Å². The topological polar surface area (TPSA) is 88.4 Å². The average Bonchev–Trinajstić information content (AvgIpc) is 3.30. The summed E-state index contributed by atoms with van der Waals surface area (Å²) >= 11 is 1.23. The number of fused-ring (bicyclic) bond motifs is 1. The zero-order valence-corrected chi connectivity index (χ0v) is 25.1. The molecule has 4 aromatic rings. The second-order valence-corrected chi connectivity index (χ2v) is 10.6. The van der Waals surface area contributed by atoms with E-state index in [1.165, 1.54) is 22.0 Å². The molecule has 5 rings (SSSR count). The predicted molar refractivity (Wildman–Crippen MR) is 162 cm³/mol. The molecule has 0 spiro atoms. The van der Waals surface area contributed by atoms with Crippen LogP contribution in [-0.2, 0) is 16.1 Å². The van der Waals surface area contributed by atoms with Crippen LogP contribution >= 0.6 is 11.3 Å². The molecule has 0 bridgehead atoms. The number of hydrogen-bond acceptors (Lipinski definition) is 8. The van der Waals surface area contributed by atoms with Crippen LogP contribution in [0.3, 0.4) is 0 Å². The summed E-state index contributed by atoms with van der Waals surface area (Å²) in [6.45, 7) is 5.95. The summed E-state index contributed by atoms with van der Waals surface area (Å²) in [5.74, 6) is 0.712. The molecule has 0 amide bonds. The number of aromatic nitrogens is 1. The monoisotopic (exact) mass is 602 g/mol. The van der Waals surface area contributed by atoms with Crippen molar-refractivity contribution in [1.82, 2.24) is 4.57 Å². The number of hydrogen-bond donors (Lipinski definition) is 0. The first-order chi connectivity index (χ1) is 20.8. The lowest BCUT2D eigenvalue weighted by atomic mass is 9.96. The summed E-state index contributed by atoms with van der Waals surface area (Å²) in [4.78, 5) is 32.1. The van der Waals surface area contributed by atoms with Crippen molar-refractivity contribution in [3.63, 3.8) is 0 Å². The molecule has 1 atom stereocenters. The van der Waals surface area contributed by atoms with Gasteiger partial charge in [0.2, 0.25) is 0 Å². The molecule has 1 aromatic heterocycles. The molecule has 0 unspecified atom stereocenters. The van der Waals surface area contributed by atoms with Crippen LogP contribution in [0.4, 0.5) is 4.39 Å². The molecule has 43 heavy (non-hydrogen) atoms. The van der Waals surface area contributed by atoms with Crippen LogP contribution in [0, 0.1) is 5.82 Å². The van der Waals surface area contributed by atoms with E-state index in [1.807, 2.05) is 19.1 Å². The Labute approximate surface area is 252 Å². The van der Waals surface area contributed by atoms with Gasteiger partial charge in [-0.25, -0.2) is 14.2 Å². The van der Waals surface area contributed by atoms with Gasteiger partial charge in [-0.2, -0.15) is 0 Å². The average molecular weight is 603 g/mol. The fraction of sp³-hybridized carbons (Fsp3) is 0.242. The first-order valence-corrected chi connectivity index (χ1v) is 14.6. The van der Waals surface area contributed by atoms with E-state index in [1.54, 1.807) is 75.6 Å². The first kappa shape index (κ1) is 29.8. The summed E-state index contributed by atoms with van der Waals surface area (Å²) in [5.41, 5.74) is 2.36. The molecule has 0 N–H and O–H groups in total. The summed E-state index contributed by atoms with van der Waals surface area (Å²) in [7, 11) is 1.57. The van der Waals surface area contributed by atoms with Crippen molar-refractivity contribution in [3.8, 4) is 17.2 Å². The largest absolute Gasteiger partial charge is 0.497 e. The number of esters is 1. The van der Waals surface area contributed by atoms with Crippen LogP contribution in [0.1, 0.15) is 43.5 Å². The molecular formula is C33H31FN2O6S. The van der Waals surface area contributed by atoms with E-state index in [0.29, 0.717) is 55.6 Å². The number of halogens is 1. The van der Waals surface area contributed by atoms with Crippen LogP contribution in [0.2, 0.25) is 0 Å². The molecule has 0 saturated heterocycles. The standard InChI is InChI=1S/C33H31FN2O6S/c1-5-40-27-17-21(11-16-26(27)42-19-23-9-7-8-10-25(23)34)18-28-31(37)36-30(22-12-14-24(39-4)15-13-22)29(32(38)41-6-2)20(3)35-33(36)43-28/h7-18,30H,5-6,19H2,1-4H3/b28-18+/t30-/m1/s1. The molecule has 2 heterocycles. The summed E-state index contributed by atoms with van der Waals surface area (Å²) in [6.07, 6.45) is 1.75. The van der Waals surface area contributed by atoms with E-state index < -0.39 is 12.0 Å². The SMILES string of the molecule is CCOC(=O)C1=C(C)N=c2s/c(=C/c3ccc(OCc4ccccc4F)c(OCC)c3)c(=O)n2[C@@H]1c1ccc(OC)cc1. The number of benzene rings is 3. The summed E-state index contributed by atoms with van der Waals surface area (Å²) in [6, 6.07) is 18.2. The lowest BCUT2D eigenvalue weighted by Gasteiger charge is -2.24. The van der Waals surface area contributed by atoms with E-state index in [9.17, 15) is 14.0 Å². The Kier molecular flexibility index (Phi) is 9.06. The van der Waals surface area contributed by atoms with Gasteiger partial charge in [-0.05, 0) is 68.3 Å². The molecular weight excluding hydrogens is 571 g/mol. The van der Waals surface area contributed by atoms with Gasteiger partial charge in [-0.3, -0.25) is 9.36 Å². The Hall–Kier alpha value is -4.70. The van der Waals surface area contributed by atoms with Gasteiger partial charge in [0.25, 0.3) is 5.56 Å². The van der Waals surface area contributed by atoms with Crippen LogP contribution in [0.5, 0.6) is 17.2 Å².